The van der Waals surface area contributed by atoms with E-state index in [9.17, 15) is 9.90 Å². The van der Waals surface area contributed by atoms with E-state index in [2.05, 4.69) is 10.6 Å². The smallest absolute Gasteiger partial charge is 0.234 e. The third-order valence-electron chi connectivity index (χ3n) is 1.99. The first kappa shape index (κ1) is 13.4. The Morgan fingerprint density at radius 2 is 2.07 bits per heavy atom. The van der Waals surface area contributed by atoms with Crippen LogP contribution in [-0.4, -0.2) is 36.8 Å². The number of nitrogens with one attached hydrogen (secondary N) is 2. The molecule has 0 aromatic rings. The van der Waals surface area contributed by atoms with Gasteiger partial charge in [0.05, 0.1) is 12.6 Å². The summed E-state index contributed by atoms with van der Waals surface area (Å²) in [5.41, 5.74) is 0. The predicted molar refractivity (Wildman–Crippen MR) is 57.0 cm³/mol. The molecule has 84 valence electrons. The Balaban J connectivity index is 3.44. The molecule has 4 nitrogen and oxygen atoms in total. The molecule has 0 saturated heterocycles. The molecule has 0 spiro atoms. The van der Waals surface area contributed by atoms with Crippen molar-refractivity contribution in [2.24, 2.45) is 5.92 Å². The molecular weight excluding hydrogens is 180 g/mol. The summed E-state index contributed by atoms with van der Waals surface area (Å²) in [5.74, 6) is 0.122. The third kappa shape index (κ3) is 6.86. The van der Waals surface area contributed by atoms with E-state index >= 15 is 0 Å². The van der Waals surface area contributed by atoms with Gasteiger partial charge in [-0.1, -0.05) is 20.8 Å². The normalized spacial score (nSPS) is 12.9. The molecular formula is C10H22N2O2. The molecule has 0 aromatic carbocycles. The van der Waals surface area contributed by atoms with E-state index in [-0.39, 0.29) is 11.8 Å². The van der Waals surface area contributed by atoms with Gasteiger partial charge in [-0.25, -0.2) is 0 Å². The van der Waals surface area contributed by atoms with Crippen molar-refractivity contribution in [1.82, 2.24) is 10.6 Å². The van der Waals surface area contributed by atoms with Gasteiger partial charge >= 0.3 is 0 Å². The average molecular weight is 202 g/mol. The monoisotopic (exact) mass is 202 g/mol. The summed E-state index contributed by atoms with van der Waals surface area (Å²) < 4.78 is 0. The first-order chi connectivity index (χ1) is 6.57. The van der Waals surface area contributed by atoms with Gasteiger partial charge in [-0.15, -0.1) is 0 Å². The van der Waals surface area contributed by atoms with Crippen molar-refractivity contribution in [3.05, 3.63) is 0 Å². The molecule has 0 aliphatic heterocycles. The molecule has 3 N–H and O–H groups in total. The Kier molecular flexibility index (Phi) is 7.42. The second-order valence-electron chi connectivity index (χ2n) is 3.79. The topological polar surface area (TPSA) is 61.4 Å². The Morgan fingerprint density at radius 1 is 1.43 bits per heavy atom. The minimum absolute atomic E-state index is 0.0573. The highest BCUT2D eigenvalue weighted by Crippen LogP contribution is 1.98. The maximum atomic E-state index is 11.2. The van der Waals surface area contributed by atoms with E-state index in [0.717, 1.165) is 13.0 Å². The fraction of sp³-hybridized carbons (Fsp3) is 0.900. The highest BCUT2D eigenvalue weighted by Gasteiger charge is 2.09. The van der Waals surface area contributed by atoms with E-state index < -0.39 is 6.10 Å². The first-order valence-corrected chi connectivity index (χ1v) is 5.23. The van der Waals surface area contributed by atoms with Gasteiger partial charge in [0, 0.05) is 6.54 Å². The maximum Gasteiger partial charge on any atom is 0.234 e. The number of carbonyl (C=O) groups is 1. The van der Waals surface area contributed by atoms with Crippen LogP contribution < -0.4 is 10.6 Å². The van der Waals surface area contributed by atoms with Crippen molar-refractivity contribution in [1.29, 1.82) is 0 Å². The van der Waals surface area contributed by atoms with Crippen molar-refractivity contribution < 1.29 is 9.90 Å². The van der Waals surface area contributed by atoms with Crippen molar-refractivity contribution in [3.8, 4) is 0 Å². The van der Waals surface area contributed by atoms with Crippen LogP contribution in [0.1, 0.15) is 27.2 Å². The van der Waals surface area contributed by atoms with Crippen LogP contribution in [0.15, 0.2) is 0 Å². The molecule has 1 atom stereocenters. The second kappa shape index (κ2) is 7.76. The molecule has 14 heavy (non-hydrogen) atoms. The lowest BCUT2D eigenvalue weighted by Crippen LogP contribution is -2.39. The van der Waals surface area contributed by atoms with E-state index in [0.29, 0.717) is 13.1 Å². The van der Waals surface area contributed by atoms with Gasteiger partial charge in [0.15, 0.2) is 0 Å². The summed E-state index contributed by atoms with van der Waals surface area (Å²) in [5, 5.41) is 15.1. The van der Waals surface area contributed by atoms with Crippen LogP contribution in [0.3, 0.4) is 0 Å². The maximum absolute atomic E-state index is 11.2. The number of carbonyl (C=O) groups excluding carboxylic acids is 1. The number of amides is 1. The zero-order chi connectivity index (χ0) is 11.0. The molecule has 0 heterocycles. The van der Waals surface area contributed by atoms with E-state index in [1.165, 1.54) is 0 Å². The van der Waals surface area contributed by atoms with E-state index in [1.807, 2.05) is 20.8 Å². The second-order valence-corrected chi connectivity index (χ2v) is 3.79. The van der Waals surface area contributed by atoms with Crippen molar-refractivity contribution in [2.75, 3.05) is 19.6 Å². The molecule has 0 aromatic heterocycles. The number of hydrogen-bond acceptors (Lipinski definition) is 3. The van der Waals surface area contributed by atoms with Crippen LogP contribution in [0.25, 0.3) is 0 Å². The van der Waals surface area contributed by atoms with Crippen LogP contribution in [0.5, 0.6) is 0 Å². The minimum atomic E-state index is -0.454. The lowest BCUT2D eigenvalue weighted by Gasteiger charge is -2.15. The molecule has 1 unspecified atom stereocenters. The zero-order valence-electron chi connectivity index (χ0n) is 9.34. The summed E-state index contributed by atoms with van der Waals surface area (Å²) in [7, 11) is 0. The van der Waals surface area contributed by atoms with Crippen molar-refractivity contribution in [2.45, 2.75) is 33.3 Å². The van der Waals surface area contributed by atoms with E-state index in [4.69, 9.17) is 0 Å². The molecule has 0 aliphatic carbocycles. The zero-order valence-corrected chi connectivity index (χ0v) is 9.34. The lowest BCUT2D eigenvalue weighted by atomic mass is 10.1. The van der Waals surface area contributed by atoms with Crippen molar-refractivity contribution in [3.63, 3.8) is 0 Å². The highest BCUT2D eigenvalue weighted by molar-refractivity contribution is 5.77. The van der Waals surface area contributed by atoms with Crippen LogP contribution in [0.2, 0.25) is 0 Å². The molecule has 0 aliphatic rings. The lowest BCUT2D eigenvalue weighted by molar-refractivity contribution is -0.120. The van der Waals surface area contributed by atoms with Crippen molar-refractivity contribution >= 4 is 5.91 Å². The Bertz CT molecular complexity index is 160. The van der Waals surface area contributed by atoms with Gasteiger partial charge in [0.2, 0.25) is 5.91 Å². The first-order valence-electron chi connectivity index (χ1n) is 5.23. The number of hydrogen-bond donors (Lipinski definition) is 3. The highest BCUT2D eigenvalue weighted by atomic mass is 16.3. The summed E-state index contributed by atoms with van der Waals surface area (Å²) in [6.07, 6.45) is 0.562. The fourth-order valence-corrected chi connectivity index (χ4v) is 0.895. The molecule has 0 bridgehead atoms. The van der Waals surface area contributed by atoms with Gasteiger partial charge in [-0.3, -0.25) is 4.79 Å². The van der Waals surface area contributed by atoms with Crippen LogP contribution in [-0.2, 0) is 4.79 Å². The summed E-state index contributed by atoms with van der Waals surface area (Å²) in [6, 6.07) is 0. The number of aliphatic hydroxyl groups excluding tert-OH is 1. The minimum Gasteiger partial charge on any atom is -0.391 e. The van der Waals surface area contributed by atoms with Gasteiger partial charge in [-0.05, 0) is 18.9 Å². The summed E-state index contributed by atoms with van der Waals surface area (Å²) in [4.78, 5) is 11.2. The third-order valence-corrected chi connectivity index (χ3v) is 1.99. The average Bonchev–Trinajstić information content (AvgIpc) is 2.14. The quantitative estimate of drug-likeness (QED) is 0.514. The molecule has 1 amide bonds. The Morgan fingerprint density at radius 3 is 2.57 bits per heavy atom. The number of rotatable bonds is 7. The van der Waals surface area contributed by atoms with Crippen LogP contribution in [0, 0.1) is 5.92 Å². The summed E-state index contributed by atoms with van der Waals surface area (Å²) in [6.45, 7) is 7.41. The van der Waals surface area contributed by atoms with Crippen LogP contribution >= 0.6 is 0 Å². The molecule has 0 fully saturated rings. The standard InChI is InChI=1S/C10H22N2O2/c1-4-5-11-7-10(14)12-6-9(13)8(2)3/h8-9,11,13H,4-7H2,1-3H3,(H,12,14). The fourth-order valence-electron chi connectivity index (χ4n) is 0.895. The van der Waals surface area contributed by atoms with Crippen LogP contribution in [0.4, 0.5) is 0 Å². The summed E-state index contributed by atoms with van der Waals surface area (Å²) >= 11 is 0. The molecule has 0 rings (SSSR count). The van der Waals surface area contributed by atoms with E-state index in [1.54, 1.807) is 0 Å². The number of aliphatic hydroxyl groups is 1. The Labute approximate surface area is 86.1 Å². The SMILES string of the molecule is CCCNCC(=O)NCC(O)C(C)C. The van der Waals surface area contributed by atoms with Gasteiger partial charge < -0.3 is 15.7 Å². The van der Waals surface area contributed by atoms with Gasteiger partial charge in [-0.2, -0.15) is 0 Å². The molecule has 0 saturated carbocycles. The largest absolute Gasteiger partial charge is 0.391 e. The molecule has 4 heteroatoms. The Hall–Kier alpha value is -0.610. The predicted octanol–water partition coefficient (Wildman–Crippen LogP) is 0.119. The van der Waals surface area contributed by atoms with Gasteiger partial charge in [0.25, 0.3) is 0 Å². The molecule has 0 radical (unpaired) electrons. The van der Waals surface area contributed by atoms with Gasteiger partial charge in [0.1, 0.15) is 0 Å².